The average Bonchev–Trinajstić information content (AvgIpc) is 2.79. The van der Waals surface area contributed by atoms with Gasteiger partial charge in [0.05, 0.1) is 28.2 Å². The van der Waals surface area contributed by atoms with E-state index in [4.69, 9.17) is 4.74 Å². The predicted octanol–water partition coefficient (Wildman–Crippen LogP) is 2.02. The van der Waals surface area contributed by atoms with Crippen molar-refractivity contribution in [3.63, 3.8) is 0 Å². The second kappa shape index (κ2) is 8.52. The number of nitro groups is 1. The van der Waals surface area contributed by atoms with E-state index in [1.54, 1.807) is 7.11 Å². The molecule has 11 heteroatoms. The van der Waals surface area contributed by atoms with E-state index in [-0.39, 0.29) is 29.2 Å². The van der Waals surface area contributed by atoms with Crippen LogP contribution in [0, 0.1) is 10.1 Å². The van der Waals surface area contributed by atoms with E-state index in [1.807, 2.05) is 24.3 Å². The standard InChI is InChI=1S/C21H20N4O6S/c1-31-16-6-2-14(3-7-16)12-20-22-19-10-11-24(13-18(19)21(26)23-20)32(29,30)17-8-4-15(5-9-17)25(27)28/h2-9H,10-13H2,1H3,(H,22,23,26). The number of hydrogen-bond acceptors (Lipinski definition) is 7. The Balaban J connectivity index is 1.55. The molecule has 2 aromatic carbocycles. The molecule has 0 radical (unpaired) electrons. The van der Waals surface area contributed by atoms with Gasteiger partial charge in [0.25, 0.3) is 11.2 Å². The second-order valence-electron chi connectivity index (χ2n) is 7.30. The maximum atomic E-state index is 13.0. The lowest BCUT2D eigenvalue weighted by atomic mass is 10.1. The van der Waals surface area contributed by atoms with E-state index in [2.05, 4.69) is 9.97 Å². The molecule has 0 fully saturated rings. The Labute approximate surface area is 183 Å². The number of nitrogens with zero attached hydrogens (tertiary/aromatic N) is 3. The Hall–Kier alpha value is -3.57. The predicted molar refractivity (Wildman–Crippen MR) is 115 cm³/mol. The highest BCUT2D eigenvalue weighted by molar-refractivity contribution is 7.89. The quantitative estimate of drug-likeness (QED) is 0.443. The van der Waals surface area contributed by atoms with Crippen molar-refractivity contribution in [2.45, 2.75) is 24.3 Å². The zero-order chi connectivity index (χ0) is 22.9. The minimum Gasteiger partial charge on any atom is -0.497 e. The number of fused-ring (bicyclic) bond motifs is 1. The fourth-order valence-corrected chi connectivity index (χ4v) is 4.98. The number of non-ortho nitro benzene ring substituents is 1. The van der Waals surface area contributed by atoms with Gasteiger partial charge in [-0.2, -0.15) is 4.31 Å². The van der Waals surface area contributed by atoms with Crippen molar-refractivity contribution >= 4 is 15.7 Å². The van der Waals surface area contributed by atoms with Crippen molar-refractivity contribution in [1.82, 2.24) is 14.3 Å². The number of rotatable bonds is 6. The molecule has 3 aromatic rings. The van der Waals surface area contributed by atoms with Crippen molar-refractivity contribution < 1.29 is 18.1 Å². The minimum absolute atomic E-state index is 0.0629. The van der Waals surface area contributed by atoms with E-state index in [9.17, 15) is 23.3 Å². The highest BCUT2D eigenvalue weighted by atomic mass is 32.2. The molecule has 0 unspecified atom stereocenters. The Bertz CT molecular complexity index is 1320. The number of aromatic amines is 1. The summed E-state index contributed by atoms with van der Waals surface area (Å²) in [6.07, 6.45) is 0.721. The van der Waals surface area contributed by atoms with Gasteiger partial charge in [0.15, 0.2) is 0 Å². The first-order chi connectivity index (χ1) is 15.3. The van der Waals surface area contributed by atoms with Crippen molar-refractivity contribution in [2.75, 3.05) is 13.7 Å². The lowest BCUT2D eigenvalue weighted by Crippen LogP contribution is -2.39. The van der Waals surface area contributed by atoms with E-state index in [0.717, 1.165) is 23.4 Å². The molecule has 0 saturated heterocycles. The van der Waals surface area contributed by atoms with Crippen LogP contribution in [0.5, 0.6) is 5.75 Å². The summed E-state index contributed by atoms with van der Waals surface area (Å²) in [5, 5.41) is 10.8. The van der Waals surface area contributed by atoms with E-state index in [1.165, 1.54) is 16.4 Å². The van der Waals surface area contributed by atoms with Gasteiger partial charge in [-0.15, -0.1) is 0 Å². The van der Waals surface area contributed by atoms with Crippen molar-refractivity contribution in [1.29, 1.82) is 0 Å². The van der Waals surface area contributed by atoms with Crippen LogP contribution in [0.15, 0.2) is 58.2 Å². The molecule has 10 nitrogen and oxygen atoms in total. The van der Waals surface area contributed by atoms with Gasteiger partial charge in [-0.05, 0) is 29.8 Å². The molecular weight excluding hydrogens is 436 g/mol. The number of aromatic nitrogens is 2. The summed E-state index contributed by atoms with van der Waals surface area (Å²) in [5.41, 5.74) is 1.26. The molecule has 2 heterocycles. The molecule has 0 aliphatic carbocycles. The molecule has 166 valence electrons. The van der Waals surface area contributed by atoms with Gasteiger partial charge >= 0.3 is 0 Å². The second-order valence-corrected chi connectivity index (χ2v) is 9.24. The summed E-state index contributed by atoms with van der Waals surface area (Å²) < 4.78 is 32.3. The van der Waals surface area contributed by atoms with Crippen LogP contribution in [-0.2, 0) is 29.4 Å². The summed E-state index contributed by atoms with van der Waals surface area (Å²) in [4.78, 5) is 30.1. The Kier molecular flexibility index (Phi) is 5.76. The maximum absolute atomic E-state index is 13.0. The van der Waals surface area contributed by atoms with Crippen LogP contribution in [-0.4, -0.2) is 41.3 Å². The SMILES string of the molecule is COc1ccc(Cc2nc3c(c(=O)[nH]2)CN(S(=O)(=O)c2ccc([N+](=O)[O-])cc2)CC3)cc1. The number of ether oxygens (including phenoxy) is 1. The number of methoxy groups -OCH3 is 1. The molecule has 32 heavy (non-hydrogen) atoms. The van der Waals surface area contributed by atoms with Gasteiger partial charge in [-0.25, -0.2) is 13.4 Å². The molecular formula is C21H20N4O6S. The summed E-state index contributed by atoms with van der Waals surface area (Å²) in [6.45, 7) is 0.0462. The first-order valence-electron chi connectivity index (χ1n) is 9.76. The van der Waals surface area contributed by atoms with Crippen LogP contribution in [0.2, 0.25) is 0 Å². The number of nitro benzene ring substituents is 1. The Morgan fingerprint density at radius 3 is 2.47 bits per heavy atom. The van der Waals surface area contributed by atoms with Crippen LogP contribution in [0.3, 0.4) is 0 Å². The van der Waals surface area contributed by atoms with E-state index >= 15 is 0 Å². The number of benzene rings is 2. The van der Waals surface area contributed by atoms with Crippen LogP contribution < -0.4 is 10.3 Å². The molecule has 0 amide bonds. The average molecular weight is 456 g/mol. The van der Waals surface area contributed by atoms with E-state index < -0.39 is 14.9 Å². The van der Waals surface area contributed by atoms with E-state index in [0.29, 0.717) is 29.9 Å². The molecule has 0 bridgehead atoms. The van der Waals surface area contributed by atoms with Gasteiger partial charge in [0.2, 0.25) is 10.0 Å². The Morgan fingerprint density at radius 1 is 1.16 bits per heavy atom. The highest BCUT2D eigenvalue weighted by Crippen LogP contribution is 2.24. The van der Waals surface area contributed by atoms with Crippen LogP contribution in [0.1, 0.15) is 22.6 Å². The lowest BCUT2D eigenvalue weighted by molar-refractivity contribution is -0.384. The minimum atomic E-state index is -3.91. The molecule has 0 saturated carbocycles. The van der Waals surface area contributed by atoms with Gasteiger partial charge in [-0.3, -0.25) is 14.9 Å². The first-order valence-corrected chi connectivity index (χ1v) is 11.2. The van der Waals surface area contributed by atoms with Gasteiger partial charge in [0.1, 0.15) is 11.6 Å². The van der Waals surface area contributed by atoms with Gasteiger partial charge < -0.3 is 9.72 Å². The molecule has 1 N–H and O–H groups in total. The third-order valence-corrected chi connectivity index (χ3v) is 7.16. The normalized spacial score (nSPS) is 14.0. The lowest BCUT2D eigenvalue weighted by Gasteiger charge is -2.27. The van der Waals surface area contributed by atoms with Gasteiger partial charge in [0, 0.05) is 38.1 Å². The number of hydrogen-bond donors (Lipinski definition) is 1. The third kappa shape index (κ3) is 4.25. The third-order valence-electron chi connectivity index (χ3n) is 5.30. The number of nitrogens with one attached hydrogen (secondary N) is 1. The molecule has 4 rings (SSSR count). The summed E-state index contributed by atoms with van der Waals surface area (Å²) in [6, 6.07) is 12.1. The molecule has 0 atom stereocenters. The Morgan fingerprint density at radius 2 is 1.84 bits per heavy atom. The van der Waals surface area contributed by atoms with Gasteiger partial charge in [-0.1, -0.05) is 12.1 Å². The van der Waals surface area contributed by atoms with Crippen molar-refractivity contribution in [2.24, 2.45) is 0 Å². The van der Waals surface area contributed by atoms with Crippen LogP contribution in [0.25, 0.3) is 0 Å². The fourth-order valence-electron chi connectivity index (χ4n) is 3.57. The van der Waals surface area contributed by atoms with Crippen LogP contribution >= 0.6 is 0 Å². The van der Waals surface area contributed by atoms with Crippen molar-refractivity contribution in [3.8, 4) is 5.75 Å². The van der Waals surface area contributed by atoms with Crippen molar-refractivity contribution in [3.05, 3.63) is 91.6 Å². The highest BCUT2D eigenvalue weighted by Gasteiger charge is 2.31. The maximum Gasteiger partial charge on any atom is 0.269 e. The molecule has 1 aliphatic rings. The number of H-pyrrole nitrogens is 1. The number of sulfonamides is 1. The zero-order valence-corrected chi connectivity index (χ0v) is 18.0. The fraction of sp³-hybridized carbons (Fsp3) is 0.238. The molecule has 1 aliphatic heterocycles. The molecule has 0 spiro atoms. The topological polar surface area (TPSA) is 136 Å². The zero-order valence-electron chi connectivity index (χ0n) is 17.1. The summed E-state index contributed by atoms with van der Waals surface area (Å²) in [7, 11) is -2.32. The molecule has 1 aromatic heterocycles. The summed E-state index contributed by atoms with van der Waals surface area (Å²) in [5.74, 6) is 1.24. The largest absolute Gasteiger partial charge is 0.497 e. The first kappa shape index (κ1) is 21.7. The monoisotopic (exact) mass is 456 g/mol. The summed E-state index contributed by atoms with van der Waals surface area (Å²) >= 11 is 0. The smallest absolute Gasteiger partial charge is 0.269 e. The van der Waals surface area contributed by atoms with Crippen LogP contribution in [0.4, 0.5) is 5.69 Å².